The highest BCUT2D eigenvalue weighted by atomic mass is 16.3. The Morgan fingerprint density at radius 1 is 0.423 bits per heavy atom. The number of aromatic nitrogens is 5. The van der Waals surface area contributed by atoms with Gasteiger partial charge in [-0.15, -0.1) is 0 Å². The number of imidazole rings is 1. The second kappa shape index (κ2) is 11.2. The van der Waals surface area contributed by atoms with Crippen molar-refractivity contribution in [3.05, 3.63) is 164 Å². The third kappa shape index (κ3) is 4.44. The first-order valence-electron chi connectivity index (χ1n) is 17.3. The van der Waals surface area contributed by atoms with Crippen LogP contribution in [0.25, 0.3) is 105 Å². The molecule has 0 unspecified atom stereocenters. The lowest BCUT2D eigenvalue weighted by Gasteiger charge is -2.12. The van der Waals surface area contributed by atoms with E-state index in [9.17, 15) is 0 Å². The average Bonchev–Trinajstić information content (AvgIpc) is 3.80. The van der Waals surface area contributed by atoms with Crippen LogP contribution in [0.2, 0.25) is 0 Å². The van der Waals surface area contributed by atoms with Gasteiger partial charge in [-0.2, -0.15) is 0 Å². The van der Waals surface area contributed by atoms with Crippen LogP contribution in [0.1, 0.15) is 0 Å². The smallest absolute Gasteiger partial charge is 0.160 e. The molecule has 11 rings (SSSR count). The summed E-state index contributed by atoms with van der Waals surface area (Å²) in [6.07, 6.45) is 3.92. The highest BCUT2D eigenvalue weighted by Crippen LogP contribution is 2.40. The number of hydrogen-bond donors (Lipinski definition) is 0. The fourth-order valence-corrected chi connectivity index (χ4v) is 7.59. The molecule has 0 bridgehead atoms. The van der Waals surface area contributed by atoms with Gasteiger partial charge in [0.05, 0.1) is 28.1 Å². The maximum Gasteiger partial charge on any atom is 0.160 e. The molecule has 0 aliphatic carbocycles. The first-order valence-corrected chi connectivity index (χ1v) is 17.3. The predicted molar refractivity (Wildman–Crippen MR) is 210 cm³/mol. The van der Waals surface area contributed by atoms with Crippen molar-refractivity contribution < 1.29 is 4.42 Å². The minimum absolute atomic E-state index is 0.655. The van der Waals surface area contributed by atoms with E-state index in [1.54, 1.807) is 0 Å². The van der Waals surface area contributed by atoms with Gasteiger partial charge < -0.3 is 4.42 Å². The molecule has 0 atom stereocenters. The standard InChI is InChI=1S/C46H27N5O/c1-2-10-28(11-3-1)39-27-40(30-18-21-42-37(25-30)32-12-4-5-14-41(32)52-42)49-46(48-39)31-17-20-34-36(26-31)35-24-29(38-13-6-8-22-47-38)16-19-33(35)44-45(34)51-23-9-7-15-43(51)50-44/h1-27H. The third-order valence-corrected chi connectivity index (χ3v) is 10.1. The van der Waals surface area contributed by atoms with Crippen molar-refractivity contribution in [1.29, 1.82) is 0 Å². The molecule has 11 aromatic rings. The summed E-state index contributed by atoms with van der Waals surface area (Å²) < 4.78 is 8.33. The van der Waals surface area contributed by atoms with Crippen LogP contribution in [-0.4, -0.2) is 24.3 Å². The molecule has 6 nitrogen and oxygen atoms in total. The number of para-hydroxylation sites is 1. The summed E-state index contributed by atoms with van der Waals surface area (Å²) in [5.74, 6) is 0.655. The lowest BCUT2D eigenvalue weighted by atomic mass is 9.95. The van der Waals surface area contributed by atoms with Gasteiger partial charge in [0, 0.05) is 56.2 Å². The molecule has 0 spiro atoms. The molecule has 0 N–H and O–H groups in total. The number of rotatable bonds is 4. The minimum Gasteiger partial charge on any atom is -0.456 e. The van der Waals surface area contributed by atoms with Gasteiger partial charge in [-0.05, 0) is 77.5 Å². The van der Waals surface area contributed by atoms with Crippen molar-refractivity contribution in [2.45, 2.75) is 0 Å². The van der Waals surface area contributed by atoms with E-state index in [0.29, 0.717) is 5.82 Å². The van der Waals surface area contributed by atoms with Crippen molar-refractivity contribution in [3.63, 3.8) is 0 Å². The van der Waals surface area contributed by atoms with Crippen LogP contribution in [0.15, 0.2) is 168 Å². The summed E-state index contributed by atoms with van der Waals surface area (Å²) >= 11 is 0. The summed E-state index contributed by atoms with van der Waals surface area (Å²) in [7, 11) is 0. The van der Waals surface area contributed by atoms with E-state index in [-0.39, 0.29) is 0 Å². The molecular weight excluding hydrogens is 639 g/mol. The zero-order chi connectivity index (χ0) is 34.2. The van der Waals surface area contributed by atoms with E-state index in [1.165, 1.54) is 0 Å². The average molecular weight is 666 g/mol. The maximum absolute atomic E-state index is 6.15. The topological polar surface area (TPSA) is 69.1 Å². The molecule has 52 heavy (non-hydrogen) atoms. The van der Waals surface area contributed by atoms with Gasteiger partial charge >= 0.3 is 0 Å². The fraction of sp³-hybridized carbons (Fsp3) is 0. The molecule has 5 aromatic heterocycles. The molecule has 0 amide bonds. The number of benzene rings is 6. The van der Waals surface area contributed by atoms with Crippen LogP contribution in [0, 0.1) is 0 Å². The Kier molecular flexibility index (Phi) is 6.15. The van der Waals surface area contributed by atoms with Crippen LogP contribution in [0.5, 0.6) is 0 Å². The van der Waals surface area contributed by atoms with Gasteiger partial charge in [0.1, 0.15) is 16.8 Å². The Labute approximate surface area is 297 Å². The molecule has 0 aliphatic rings. The second-order valence-electron chi connectivity index (χ2n) is 13.1. The molecular formula is C46H27N5O. The summed E-state index contributed by atoms with van der Waals surface area (Å²) in [4.78, 5) is 20.2. The molecule has 6 heteroatoms. The van der Waals surface area contributed by atoms with Crippen molar-refractivity contribution in [2.24, 2.45) is 0 Å². The first-order chi connectivity index (χ1) is 25.7. The van der Waals surface area contributed by atoms with Crippen LogP contribution in [0.3, 0.4) is 0 Å². The van der Waals surface area contributed by atoms with E-state index < -0.39 is 0 Å². The zero-order valence-electron chi connectivity index (χ0n) is 27.7. The Balaban J connectivity index is 1.18. The van der Waals surface area contributed by atoms with Gasteiger partial charge in [0.15, 0.2) is 5.82 Å². The monoisotopic (exact) mass is 665 g/mol. The van der Waals surface area contributed by atoms with Crippen LogP contribution >= 0.6 is 0 Å². The quantitative estimate of drug-likeness (QED) is 0.175. The highest BCUT2D eigenvalue weighted by molar-refractivity contribution is 6.25. The molecule has 0 saturated carbocycles. The fourth-order valence-electron chi connectivity index (χ4n) is 7.59. The molecule has 0 radical (unpaired) electrons. The van der Waals surface area contributed by atoms with E-state index >= 15 is 0 Å². The molecule has 242 valence electrons. The van der Waals surface area contributed by atoms with Gasteiger partial charge in [-0.25, -0.2) is 15.0 Å². The van der Waals surface area contributed by atoms with Crippen molar-refractivity contribution >= 4 is 60.2 Å². The summed E-state index contributed by atoms with van der Waals surface area (Å²) in [5, 5.41) is 6.55. The third-order valence-electron chi connectivity index (χ3n) is 10.1. The Morgan fingerprint density at radius 3 is 2.02 bits per heavy atom. The van der Waals surface area contributed by atoms with Gasteiger partial charge in [0.2, 0.25) is 0 Å². The van der Waals surface area contributed by atoms with Crippen molar-refractivity contribution in [2.75, 3.05) is 0 Å². The van der Waals surface area contributed by atoms with E-state index in [1.807, 2.05) is 72.9 Å². The molecule has 0 fully saturated rings. The van der Waals surface area contributed by atoms with Gasteiger partial charge in [0.25, 0.3) is 0 Å². The number of pyridine rings is 2. The maximum atomic E-state index is 6.15. The van der Waals surface area contributed by atoms with Crippen LogP contribution < -0.4 is 0 Å². The largest absolute Gasteiger partial charge is 0.456 e. The van der Waals surface area contributed by atoms with Gasteiger partial charge in [-0.3, -0.25) is 9.38 Å². The van der Waals surface area contributed by atoms with Crippen LogP contribution in [-0.2, 0) is 0 Å². The molecule has 0 saturated heterocycles. The number of fused-ring (bicyclic) bond motifs is 11. The molecule has 5 heterocycles. The second-order valence-corrected chi connectivity index (χ2v) is 13.1. The van der Waals surface area contributed by atoms with E-state index in [2.05, 4.69) is 101 Å². The molecule has 0 aliphatic heterocycles. The molecule has 6 aromatic carbocycles. The van der Waals surface area contributed by atoms with Crippen molar-refractivity contribution in [3.8, 4) is 45.2 Å². The minimum atomic E-state index is 0.655. The Hall–Kier alpha value is -7.18. The number of nitrogens with zero attached hydrogens (tertiary/aromatic N) is 5. The predicted octanol–water partition coefficient (Wildman–Crippen LogP) is 11.5. The SMILES string of the molecule is c1ccc(-c2cc(-c3ccc4oc5ccccc5c4c3)nc(-c3ccc4c(c3)c3cc(-c5ccccn5)ccc3c3nc5ccccn5c43)n2)cc1. The van der Waals surface area contributed by atoms with E-state index in [0.717, 1.165) is 99.5 Å². The van der Waals surface area contributed by atoms with Crippen LogP contribution in [0.4, 0.5) is 0 Å². The lowest BCUT2D eigenvalue weighted by Crippen LogP contribution is -1.96. The zero-order valence-corrected chi connectivity index (χ0v) is 27.7. The lowest BCUT2D eigenvalue weighted by molar-refractivity contribution is 0.669. The Bertz CT molecular complexity index is 3180. The summed E-state index contributed by atoms with van der Waals surface area (Å²) in [5.41, 5.74) is 11.3. The van der Waals surface area contributed by atoms with Crippen molar-refractivity contribution in [1.82, 2.24) is 24.3 Å². The summed E-state index contributed by atoms with van der Waals surface area (Å²) in [6.45, 7) is 0. The highest BCUT2D eigenvalue weighted by Gasteiger charge is 2.18. The normalized spacial score (nSPS) is 11.8. The number of furan rings is 1. The Morgan fingerprint density at radius 2 is 1.12 bits per heavy atom. The van der Waals surface area contributed by atoms with Gasteiger partial charge in [-0.1, -0.05) is 84.9 Å². The number of hydrogen-bond acceptors (Lipinski definition) is 5. The van der Waals surface area contributed by atoms with E-state index in [4.69, 9.17) is 19.4 Å². The first kappa shape index (κ1) is 28.6. The summed E-state index contributed by atoms with van der Waals surface area (Å²) in [6, 6.07) is 52.1.